The molecule has 0 aliphatic rings. The predicted molar refractivity (Wildman–Crippen MR) is 119 cm³/mol. The van der Waals surface area contributed by atoms with Gasteiger partial charge in [0, 0.05) is 19.6 Å². The maximum absolute atomic E-state index is 13.3. The number of nitrogens with zero attached hydrogens (tertiary/aromatic N) is 3. The van der Waals surface area contributed by atoms with E-state index in [0.29, 0.717) is 32.0 Å². The average Bonchev–Trinajstić information content (AvgIpc) is 2.79. The van der Waals surface area contributed by atoms with Crippen molar-refractivity contribution in [3.05, 3.63) is 93.9 Å². The van der Waals surface area contributed by atoms with E-state index < -0.39 is 0 Å². The Morgan fingerprint density at radius 1 is 1.13 bits per heavy atom. The van der Waals surface area contributed by atoms with Gasteiger partial charge in [-0.15, -0.1) is 0 Å². The Labute approximate surface area is 182 Å². The van der Waals surface area contributed by atoms with Crippen molar-refractivity contribution in [3.63, 3.8) is 0 Å². The van der Waals surface area contributed by atoms with Crippen molar-refractivity contribution in [2.75, 3.05) is 20.2 Å². The van der Waals surface area contributed by atoms with Crippen LogP contribution in [0.4, 0.5) is 4.39 Å². The lowest BCUT2D eigenvalue weighted by Crippen LogP contribution is -2.37. The second-order valence-electron chi connectivity index (χ2n) is 7.37. The first-order valence-electron chi connectivity index (χ1n) is 10.4. The Balaban J connectivity index is 2.02. The summed E-state index contributed by atoms with van der Waals surface area (Å²) in [6, 6.07) is 16.1. The van der Waals surface area contributed by atoms with Gasteiger partial charge in [-0.3, -0.25) is 14.3 Å². The second kappa shape index (κ2) is 10.8. The van der Waals surface area contributed by atoms with E-state index in [1.54, 1.807) is 16.7 Å². The number of benzene rings is 2. The van der Waals surface area contributed by atoms with E-state index in [0.717, 1.165) is 17.5 Å². The Morgan fingerprint density at radius 3 is 2.45 bits per heavy atom. The molecule has 0 saturated heterocycles. The van der Waals surface area contributed by atoms with E-state index in [1.807, 2.05) is 30.3 Å². The second-order valence-corrected chi connectivity index (χ2v) is 7.37. The van der Waals surface area contributed by atoms with Crippen molar-refractivity contribution in [1.82, 2.24) is 14.5 Å². The fraction of sp³-hybridized carbons (Fsp3) is 0.333. The number of methoxy groups -OCH3 is 1. The van der Waals surface area contributed by atoms with Crippen molar-refractivity contribution >= 4 is 0 Å². The standard InChI is InChI=1S/C24H29FN4O2/c1-3-21(28(14-13-26)16-19-9-11-20(25)12-10-19)23-27-15-22(31-2)24(30)29(23)17-18-7-5-4-6-8-18/h4-12,15,21H,3,13-14,16-17,26H2,1-2H3. The lowest BCUT2D eigenvalue weighted by molar-refractivity contribution is 0.175. The first-order valence-corrected chi connectivity index (χ1v) is 10.4. The average molecular weight is 425 g/mol. The number of aromatic nitrogens is 2. The molecule has 0 fully saturated rings. The molecule has 0 spiro atoms. The quantitative estimate of drug-likeness (QED) is 0.540. The monoisotopic (exact) mass is 424 g/mol. The molecule has 0 aliphatic heterocycles. The molecule has 2 N–H and O–H groups in total. The minimum absolute atomic E-state index is 0.143. The summed E-state index contributed by atoms with van der Waals surface area (Å²) in [4.78, 5) is 20.0. The number of hydrogen-bond acceptors (Lipinski definition) is 5. The minimum Gasteiger partial charge on any atom is -0.490 e. The van der Waals surface area contributed by atoms with Crippen molar-refractivity contribution in [2.24, 2.45) is 5.73 Å². The van der Waals surface area contributed by atoms with Gasteiger partial charge in [0.05, 0.1) is 25.9 Å². The van der Waals surface area contributed by atoms with Crippen LogP contribution in [0.3, 0.4) is 0 Å². The molecular weight excluding hydrogens is 395 g/mol. The van der Waals surface area contributed by atoms with Gasteiger partial charge in [-0.25, -0.2) is 9.37 Å². The summed E-state index contributed by atoms with van der Waals surface area (Å²) in [5, 5.41) is 0. The zero-order valence-corrected chi connectivity index (χ0v) is 18.0. The number of halogens is 1. The van der Waals surface area contributed by atoms with Crippen LogP contribution in [-0.4, -0.2) is 34.7 Å². The lowest BCUT2D eigenvalue weighted by atomic mass is 10.1. The number of nitrogens with two attached hydrogens (primary N) is 1. The van der Waals surface area contributed by atoms with Gasteiger partial charge in [-0.2, -0.15) is 0 Å². The highest BCUT2D eigenvalue weighted by Gasteiger charge is 2.25. The number of rotatable bonds is 10. The molecule has 0 bridgehead atoms. The molecule has 0 saturated carbocycles. The summed E-state index contributed by atoms with van der Waals surface area (Å²) in [6.45, 7) is 4.09. The summed E-state index contributed by atoms with van der Waals surface area (Å²) in [5.41, 5.74) is 7.66. The van der Waals surface area contributed by atoms with Crippen LogP contribution in [0.5, 0.6) is 5.75 Å². The van der Waals surface area contributed by atoms with Crippen molar-refractivity contribution in [2.45, 2.75) is 32.5 Å². The Hall–Kier alpha value is -3.03. The van der Waals surface area contributed by atoms with E-state index in [4.69, 9.17) is 10.5 Å². The third-order valence-corrected chi connectivity index (χ3v) is 5.29. The molecule has 1 heterocycles. The van der Waals surface area contributed by atoms with Gasteiger partial charge in [0.1, 0.15) is 11.6 Å². The summed E-state index contributed by atoms with van der Waals surface area (Å²) in [5.74, 6) is 0.598. The van der Waals surface area contributed by atoms with Crippen LogP contribution < -0.4 is 16.0 Å². The number of hydrogen-bond donors (Lipinski definition) is 1. The van der Waals surface area contributed by atoms with Crippen LogP contribution in [0.1, 0.15) is 36.3 Å². The molecule has 0 amide bonds. The normalized spacial score (nSPS) is 12.2. The Bertz CT molecular complexity index is 1020. The molecule has 3 rings (SSSR count). The van der Waals surface area contributed by atoms with Gasteiger partial charge < -0.3 is 10.5 Å². The molecule has 164 valence electrons. The minimum atomic E-state index is -0.269. The maximum atomic E-state index is 13.3. The van der Waals surface area contributed by atoms with Gasteiger partial charge in [0.15, 0.2) is 0 Å². The lowest BCUT2D eigenvalue weighted by Gasteiger charge is -2.32. The molecule has 31 heavy (non-hydrogen) atoms. The molecule has 7 heteroatoms. The topological polar surface area (TPSA) is 73.4 Å². The predicted octanol–water partition coefficient (Wildman–Crippen LogP) is 3.35. The van der Waals surface area contributed by atoms with E-state index in [9.17, 15) is 9.18 Å². The SMILES string of the molecule is CCC(c1ncc(OC)c(=O)n1Cc1ccccc1)N(CCN)Cc1ccc(F)cc1. The van der Waals surface area contributed by atoms with Gasteiger partial charge in [0.25, 0.3) is 5.56 Å². The summed E-state index contributed by atoms with van der Waals surface area (Å²) in [7, 11) is 1.47. The molecule has 3 aromatic rings. The summed E-state index contributed by atoms with van der Waals surface area (Å²) >= 11 is 0. The van der Waals surface area contributed by atoms with Crippen molar-refractivity contribution in [3.8, 4) is 5.75 Å². The number of ether oxygens (including phenoxy) is 1. The van der Waals surface area contributed by atoms with Crippen LogP contribution in [-0.2, 0) is 13.1 Å². The van der Waals surface area contributed by atoms with E-state index in [2.05, 4.69) is 16.8 Å². The van der Waals surface area contributed by atoms with Crippen LogP contribution in [0.2, 0.25) is 0 Å². The third-order valence-electron chi connectivity index (χ3n) is 5.29. The van der Waals surface area contributed by atoms with Crippen LogP contribution in [0.25, 0.3) is 0 Å². The van der Waals surface area contributed by atoms with E-state index in [-0.39, 0.29) is 23.2 Å². The van der Waals surface area contributed by atoms with E-state index in [1.165, 1.54) is 25.4 Å². The first kappa shape index (κ1) is 22.7. The van der Waals surface area contributed by atoms with Crippen molar-refractivity contribution in [1.29, 1.82) is 0 Å². The summed E-state index contributed by atoms with van der Waals surface area (Å²) < 4.78 is 20.3. The molecule has 2 aromatic carbocycles. The fourth-order valence-corrected chi connectivity index (χ4v) is 3.75. The fourth-order valence-electron chi connectivity index (χ4n) is 3.75. The smallest absolute Gasteiger partial charge is 0.296 e. The Morgan fingerprint density at radius 2 is 1.84 bits per heavy atom. The summed E-state index contributed by atoms with van der Waals surface area (Å²) in [6.07, 6.45) is 2.22. The zero-order chi connectivity index (χ0) is 22.2. The first-order chi connectivity index (χ1) is 15.1. The zero-order valence-electron chi connectivity index (χ0n) is 18.0. The van der Waals surface area contributed by atoms with Gasteiger partial charge in [-0.05, 0) is 29.7 Å². The molecule has 6 nitrogen and oxygen atoms in total. The van der Waals surface area contributed by atoms with Gasteiger partial charge in [0.2, 0.25) is 5.75 Å². The van der Waals surface area contributed by atoms with Gasteiger partial charge in [-0.1, -0.05) is 49.4 Å². The Kier molecular flexibility index (Phi) is 7.92. The molecule has 1 unspecified atom stereocenters. The molecule has 1 aromatic heterocycles. The van der Waals surface area contributed by atoms with Crippen LogP contribution in [0, 0.1) is 5.82 Å². The van der Waals surface area contributed by atoms with Crippen LogP contribution >= 0.6 is 0 Å². The van der Waals surface area contributed by atoms with Crippen LogP contribution in [0.15, 0.2) is 65.6 Å². The third kappa shape index (κ3) is 5.57. The maximum Gasteiger partial charge on any atom is 0.296 e. The highest BCUT2D eigenvalue weighted by atomic mass is 19.1. The molecular formula is C24H29FN4O2. The highest BCUT2D eigenvalue weighted by molar-refractivity contribution is 5.21. The molecule has 1 atom stereocenters. The van der Waals surface area contributed by atoms with Gasteiger partial charge >= 0.3 is 0 Å². The van der Waals surface area contributed by atoms with Crippen molar-refractivity contribution < 1.29 is 9.13 Å². The largest absolute Gasteiger partial charge is 0.490 e. The van der Waals surface area contributed by atoms with E-state index >= 15 is 0 Å². The highest BCUT2D eigenvalue weighted by Crippen LogP contribution is 2.25. The molecule has 0 aliphatic carbocycles. The molecule has 0 radical (unpaired) electrons.